The van der Waals surface area contributed by atoms with Gasteiger partial charge in [-0.1, -0.05) is 0 Å². The van der Waals surface area contributed by atoms with E-state index in [9.17, 15) is 0 Å². The zero-order valence-electron chi connectivity index (χ0n) is 4.32. The van der Waals surface area contributed by atoms with Gasteiger partial charge in [-0.3, -0.25) is 0 Å². The second-order valence-corrected chi connectivity index (χ2v) is 4.99. The Kier molecular flexibility index (Phi) is 5.45. The molecule has 0 rings (SSSR count). The standard InChI is InChI=1S/AsH3O4.H2O4Se/c2-1(3,4)5;1-5(2,3)4/h(H3,2,3,4,5);(H2,1,2,3,4). The number of hydrogen-bond donors (Lipinski definition) is 5. The number of hydrogen-bond acceptors (Lipinski definition) is 3. The molecule has 0 saturated carbocycles. The van der Waals surface area contributed by atoms with Crippen molar-refractivity contribution in [1.82, 2.24) is 0 Å². The molecule has 0 aliphatic rings. The van der Waals surface area contributed by atoms with Gasteiger partial charge in [0, 0.05) is 0 Å². The second kappa shape index (κ2) is 4.22. The van der Waals surface area contributed by atoms with Crippen molar-refractivity contribution in [2.24, 2.45) is 0 Å². The predicted octanol–water partition coefficient (Wildman–Crippen LogP) is -3.90. The van der Waals surface area contributed by atoms with E-state index < -0.39 is 27.9 Å². The Labute approximate surface area is 60.4 Å². The average molecular weight is 287 g/mol. The third-order valence-corrected chi connectivity index (χ3v) is 0. The van der Waals surface area contributed by atoms with E-state index in [4.69, 9.17) is 32.1 Å². The van der Waals surface area contributed by atoms with E-state index in [1.807, 2.05) is 0 Å². The van der Waals surface area contributed by atoms with E-state index in [-0.39, 0.29) is 0 Å². The molecule has 0 unspecified atom stereocenters. The van der Waals surface area contributed by atoms with Crippen LogP contribution in [0.2, 0.25) is 0 Å². The Bertz CT molecular complexity index is 187. The molecule has 10 heavy (non-hydrogen) atoms. The average Bonchev–Trinajstić information content (AvgIpc) is 1.12. The molecule has 0 aromatic carbocycles. The molecule has 0 radical (unpaired) electrons. The van der Waals surface area contributed by atoms with Gasteiger partial charge in [-0.25, -0.2) is 0 Å². The molecule has 0 aliphatic heterocycles. The zero-order chi connectivity index (χ0) is 9.00. The Morgan fingerprint density at radius 3 is 1.00 bits per heavy atom. The topological polar surface area (TPSA) is 152 Å². The fraction of sp³-hybridized carbons (Fsp3) is 0. The predicted molar refractivity (Wildman–Crippen MR) is 24.7 cm³/mol. The fourth-order valence-electron chi connectivity index (χ4n) is 0. The molecule has 0 aliphatic carbocycles. The maximum atomic E-state index is 8.94. The van der Waals surface area contributed by atoms with Crippen molar-refractivity contribution in [3.8, 4) is 0 Å². The van der Waals surface area contributed by atoms with E-state index >= 15 is 0 Å². The van der Waals surface area contributed by atoms with Gasteiger partial charge in [0.15, 0.2) is 0 Å². The summed E-state index contributed by atoms with van der Waals surface area (Å²) in [6, 6.07) is 0. The maximum absolute atomic E-state index is 8.94. The second-order valence-electron chi connectivity index (χ2n) is 0.961. The summed E-state index contributed by atoms with van der Waals surface area (Å²) in [4.78, 5) is 0. The Balaban J connectivity index is 0. The van der Waals surface area contributed by atoms with Gasteiger partial charge >= 0.3 is 60.0 Å². The van der Waals surface area contributed by atoms with Crippen LogP contribution in [0.1, 0.15) is 0 Å². The van der Waals surface area contributed by atoms with Crippen molar-refractivity contribution >= 4 is 27.9 Å². The summed E-state index contributed by atoms with van der Waals surface area (Å²) in [5.74, 6) is 0. The van der Waals surface area contributed by atoms with Crippen molar-refractivity contribution in [1.29, 1.82) is 0 Å². The molecule has 0 spiro atoms. The summed E-state index contributed by atoms with van der Waals surface area (Å²) in [5, 5.41) is 0. The van der Waals surface area contributed by atoms with Crippen molar-refractivity contribution in [2.45, 2.75) is 0 Å². The van der Waals surface area contributed by atoms with Crippen LogP contribution in [-0.4, -0.2) is 48.5 Å². The molecule has 0 aromatic rings. The van der Waals surface area contributed by atoms with E-state index in [0.29, 0.717) is 0 Å². The first-order chi connectivity index (χ1) is 4.00. The molecule has 10 heteroatoms. The van der Waals surface area contributed by atoms with Gasteiger partial charge in [0.2, 0.25) is 0 Å². The van der Waals surface area contributed by atoms with Crippen LogP contribution in [0.3, 0.4) is 0 Å². The van der Waals surface area contributed by atoms with Crippen LogP contribution in [0, 0.1) is 0 Å². The minimum absolute atomic E-state index is 5.12. The van der Waals surface area contributed by atoms with Crippen LogP contribution in [0.5, 0.6) is 0 Å². The summed E-state index contributed by atoms with van der Waals surface area (Å²) in [6.45, 7) is 0. The van der Waals surface area contributed by atoms with Gasteiger partial charge in [-0.2, -0.15) is 0 Å². The van der Waals surface area contributed by atoms with Crippen molar-refractivity contribution < 1.29 is 32.1 Å². The van der Waals surface area contributed by atoms with E-state index in [1.165, 1.54) is 0 Å². The SMILES string of the molecule is O=[As](O)(O)O.O=[Se](=O)(O)O. The van der Waals surface area contributed by atoms with E-state index in [2.05, 4.69) is 0 Å². The van der Waals surface area contributed by atoms with Crippen LogP contribution in [-0.2, 0) is 11.4 Å². The summed E-state index contributed by atoms with van der Waals surface area (Å²) >= 11 is -10.4. The molecule has 0 bridgehead atoms. The summed E-state index contributed by atoms with van der Waals surface area (Å²) in [5.41, 5.74) is 0. The first kappa shape index (κ1) is 12.9. The van der Waals surface area contributed by atoms with E-state index in [0.717, 1.165) is 0 Å². The van der Waals surface area contributed by atoms with Crippen LogP contribution in [0.25, 0.3) is 0 Å². The monoisotopic (exact) mass is 288 g/mol. The zero-order valence-corrected chi connectivity index (χ0v) is 7.91. The molecule has 0 amide bonds. The molecule has 8 nitrogen and oxygen atoms in total. The molecular weight excluding hydrogens is 282 g/mol. The fourth-order valence-corrected chi connectivity index (χ4v) is 0. The van der Waals surface area contributed by atoms with Crippen LogP contribution < -0.4 is 0 Å². The van der Waals surface area contributed by atoms with Gasteiger partial charge in [-0.05, 0) is 0 Å². The van der Waals surface area contributed by atoms with Gasteiger partial charge in [0.05, 0.1) is 0 Å². The minimum atomic E-state index is -5.25. The van der Waals surface area contributed by atoms with Gasteiger partial charge < -0.3 is 0 Å². The van der Waals surface area contributed by atoms with Gasteiger partial charge in [0.25, 0.3) is 0 Å². The molecule has 0 atom stereocenters. The summed E-state index contributed by atoms with van der Waals surface area (Å²) in [6.07, 6.45) is 0. The first-order valence-corrected chi connectivity index (χ1v) is 7.70. The summed E-state index contributed by atoms with van der Waals surface area (Å²) < 4.78 is 62.6. The van der Waals surface area contributed by atoms with Crippen LogP contribution in [0.4, 0.5) is 0 Å². The normalized spacial score (nSPS) is 11.7. The molecular formula is H5AsO8Se. The quantitative estimate of drug-likeness (QED) is 0.283. The molecule has 5 N–H and O–H groups in total. The van der Waals surface area contributed by atoms with Crippen molar-refractivity contribution in [3.05, 3.63) is 0 Å². The Hall–Kier alpha value is 0.278. The Morgan fingerprint density at radius 1 is 1.00 bits per heavy atom. The third-order valence-electron chi connectivity index (χ3n) is 0. The molecule has 64 valence electrons. The first-order valence-electron chi connectivity index (χ1n) is 1.48. The third kappa shape index (κ3) is 5680. The van der Waals surface area contributed by atoms with Gasteiger partial charge in [-0.15, -0.1) is 0 Å². The van der Waals surface area contributed by atoms with Gasteiger partial charge in [0.1, 0.15) is 0 Å². The van der Waals surface area contributed by atoms with Crippen molar-refractivity contribution in [3.63, 3.8) is 0 Å². The van der Waals surface area contributed by atoms with Crippen LogP contribution in [0.15, 0.2) is 0 Å². The van der Waals surface area contributed by atoms with E-state index in [1.54, 1.807) is 0 Å². The molecule has 0 saturated heterocycles. The van der Waals surface area contributed by atoms with Crippen molar-refractivity contribution in [2.75, 3.05) is 0 Å². The Morgan fingerprint density at radius 2 is 1.00 bits per heavy atom. The number of rotatable bonds is 0. The molecule has 0 fully saturated rings. The molecule has 0 aromatic heterocycles. The molecule has 0 heterocycles. The van der Waals surface area contributed by atoms with Crippen LogP contribution >= 0.6 is 0 Å². The summed E-state index contributed by atoms with van der Waals surface area (Å²) in [7, 11) is 0.